The molecule has 2 heterocycles. The summed E-state index contributed by atoms with van der Waals surface area (Å²) >= 11 is 0. The van der Waals surface area contributed by atoms with Crippen LogP contribution in [0.15, 0.2) is 30.3 Å². The van der Waals surface area contributed by atoms with Gasteiger partial charge in [0.05, 0.1) is 24.7 Å². The standard InChI is InChI=1S/C20H27N5O4S/c1-3-8-21-20(26)23-16-6-4-15(5-7-16)19-22-17(14-30(2,27)28)13-18(24-19)25-9-11-29-12-10-25/h4-7,13H,3,8-12,14H2,1-2H3,(H2,21,23,26). The van der Waals surface area contributed by atoms with E-state index in [0.717, 1.165) is 12.0 Å². The lowest BCUT2D eigenvalue weighted by molar-refractivity contribution is 0.122. The third-order valence-corrected chi connectivity index (χ3v) is 5.27. The van der Waals surface area contributed by atoms with Crippen molar-refractivity contribution in [2.24, 2.45) is 0 Å². The second kappa shape index (κ2) is 9.86. The monoisotopic (exact) mass is 433 g/mol. The number of hydrogen-bond acceptors (Lipinski definition) is 7. The molecule has 162 valence electrons. The lowest BCUT2D eigenvalue weighted by Crippen LogP contribution is -2.37. The van der Waals surface area contributed by atoms with Crippen molar-refractivity contribution < 1.29 is 17.9 Å². The Kier molecular flexibility index (Phi) is 7.22. The van der Waals surface area contributed by atoms with E-state index in [-0.39, 0.29) is 11.8 Å². The average molecular weight is 434 g/mol. The molecule has 1 fully saturated rings. The number of amides is 2. The molecular weight excluding hydrogens is 406 g/mol. The van der Waals surface area contributed by atoms with Gasteiger partial charge in [0, 0.05) is 43.2 Å². The molecule has 10 heteroatoms. The average Bonchev–Trinajstić information content (AvgIpc) is 2.72. The number of rotatable bonds is 7. The van der Waals surface area contributed by atoms with Gasteiger partial charge in [-0.15, -0.1) is 0 Å². The Morgan fingerprint density at radius 1 is 1.17 bits per heavy atom. The third kappa shape index (κ3) is 6.39. The Bertz CT molecular complexity index is 973. The van der Waals surface area contributed by atoms with E-state index in [9.17, 15) is 13.2 Å². The number of morpholine rings is 1. The van der Waals surface area contributed by atoms with E-state index in [1.807, 2.05) is 6.92 Å². The van der Waals surface area contributed by atoms with Crippen molar-refractivity contribution in [1.82, 2.24) is 15.3 Å². The van der Waals surface area contributed by atoms with Crippen molar-refractivity contribution in [3.63, 3.8) is 0 Å². The minimum atomic E-state index is -3.24. The normalized spacial score (nSPS) is 14.4. The van der Waals surface area contributed by atoms with Crippen LogP contribution in [0.25, 0.3) is 11.4 Å². The van der Waals surface area contributed by atoms with E-state index >= 15 is 0 Å². The Morgan fingerprint density at radius 3 is 2.50 bits per heavy atom. The molecule has 1 aromatic heterocycles. The van der Waals surface area contributed by atoms with Crippen LogP contribution in [0.1, 0.15) is 19.0 Å². The minimum Gasteiger partial charge on any atom is -0.378 e. The third-order valence-electron chi connectivity index (χ3n) is 4.45. The number of anilines is 2. The molecule has 0 atom stereocenters. The predicted octanol–water partition coefficient (Wildman–Crippen LogP) is 2.06. The van der Waals surface area contributed by atoms with E-state index in [2.05, 4.69) is 25.5 Å². The van der Waals surface area contributed by atoms with Gasteiger partial charge in [-0.25, -0.2) is 23.2 Å². The number of benzene rings is 1. The van der Waals surface area contributed by atoms with Gasteiger partial charge >= 0.3 is 6.03 Å². The first-order valence-corrected chi connectivity index (χ1v) is 11.9. The summed E-state index contributed by atoms with van der Waals surface area (Å²) in [5.41, 5.74) is 1.83. The first-order valence-electron chi connectivity index (χ1n) is 9.88. The second-order valence-corrected chi connectivity index (χ2v) is 9.31. The zero-order chi connectivity index (χ0) is 21.6. The first kappa shape index (κ1) is 22.0. The molecule has 0 radical (unpaired) electrons. The second-order valence-electron chi connectivity index (χ2n) is 7.17. The highest BCUT2D eigenvalue weighted by Gasteiger charge is 2.17. The summed E-state index contributed by atoms with van der Waals surface area (Å²) in [5, 5.41) is 5.52. The quantitative estimate of drug-likeness (QED) is 0.687. The van der Waals surface area contributed by atoms with Crippen molar-refractivity contribution in [2.45, 2.75) is 19.1 Å². The number of ether oxygens (including phenoxy) is 1. The zero-order valence-electron chi connectivity index (χ0n) is 17.2. The van der Waals surface area contributed by atoms with Gasteiger partial charge in [0.1, 0.15) is 5.82 Å². The molecule has 0 aliphatic carbocycles. The van der Waals surface area contributed by atoms with Gasteiger partial charge in [-0.3, -0.25) is 0 Å². The zero-order valence-corrected chi connectivity index (χ0v) is 18.0. The number of urea groups is 1. The molecule has 0 saturated carbocycles. The molecule has 0 spiro atoms. The topological polar surface area (TPSA) is 114 Å². The highest BCUT2D eigenvalue weighted by atomic mass is 32.2. The summed E-state index contributed by atoms with van der Waals surface area (Å²) in [5.74, 6) is 0.972. The fourth-order valence-electron chi connectivity index (χ4n) is 3.03. The van der Waals surface area contributed by atoms with E-state index in [1.54, 1.807) is 30.3 Å². The first-order chi connectivity index (χ1) is 14.3. The Hall–Kier alpha value is -2.72. The van der Waals surface area contributed by atoms with Crippen LogP contribution in [-0.4, -0.2) is 63.5 Å². The fraction of sp³-hybridized carbons (Fsp3) is 0.450. The summed E-state index contributed by atoms with van der Waals surface area (Å²) < 4.78 is 29.0. The smallest absolute Gasteiger partial charge is 0.319 e. The van der Waals surface area contributed by atoms with Gasteiger partial charge in [-0.1, -0.05) is 6.92 Å². The molecular formula is C20H27N5O4S. The molecule has 0 unspecified atom stereocenters. The van der Waals surface area contributed by atoms with Gasteiger partial charge in [0.15, 0.2) is 15.7 Å². The number of carbonyl (C=O) groups excluding carboxylic acids is 1. The van der Waals surface area contributed by atoms with E-state index in [1.165, 1.54) is 6.26 Å². The molecule has 2 aromatic rings. The van der Waals surface area contributed by atoms with Crippen LogP contribution in [0.3, 0.4) is 0 Å². The number of nitrogens with zero attached hydrogens (tertiary/aromatic N) is 3. The Labute approximate surface area is 176 Å². The summed E-state index contributed by atoms with van der Waals surface area (Å²) in [4.78, 5) is 23.0. The largest absolute Gasteiger partial charge is 0.378 e. The number of hydrogen-bond donors (Lipinski definition) is 2. The van der Waals surface area contributed by atoms with Crippen molar-refractivity contribution >= 4 is 27.4 Å². The maximum atomic E-state index is 11.8. The predicted molar refractivity (Wildman–Crippen MR) is 116 cm³/mol. The molecule has 1 aliphatic heterocycles. The molecule has 30 heavy (non-hydrogen) atoms. The van der Waals surface area contributed by atoms with Crippen molar-refractivity contribution in [2.75, 3.05) is 49.3 Å². The van der Waals surface area contributed by atoms with Gasteiger partial charge in [0.25, 0.3) is 0 Å². The molecule has 2 N–H and O–H groups in total. The molecule has 2 amide bonds. The maximum absolute atomic E-state index is 11.8. The number of sulfone groups is 1. The summed E-state index contributed by atoms with van der Waals surface area (Å²) in [6, 6.07) is 8.61. The van der Waals surface area contributed by atoms with Crippen LogP contribution >= 0.6 is 0 Å². The number of nitrogens with one attached hydrogen (secondary N) is 2. The summed E-state index contributed by atoms with van der Waals surface area (Å²) in [6.45, 7) is 5.16. The molecule has 1 saturated heterocycles. The molecule has 3 rings (SSSR count). The van der Waals surface area contributed by atoms with Crippen LogP contribution in [0, 0.1) is 0 Å². The molecule has 9 nitrogen and oxygen atoms in total. The summed E-state index contributed by atoms with van der Waals surface area (Å²) in [6.07, 6.45) is 2.05. The molecule has 1 aromatic carbocycles. The van der Waals surface area contributed by atoms with Crippen LogP contribution in [-0.2, 0) is 20.3 Å². The minimum absolute atomic E-state index is 0.156. The van der Waals surface area contributed by atoms with E-state index in [0.29, 0.717) is 55.9 Å². The number of aromatic nitrogens is 2. The highest BCUT2D eigenvalue weighted by molar-refractivity contribution is 7.89. The maximum Gasteiger partial charge on any atom is 0.319 e. The van der Waals surface area contributed by atoms with Gasteiger partial charge in [0.2, 0.25) is 0 Å². The Morgan fingerprint density at radius 2 is 1.87 bits per heavy atom. The van der Waals surface area contributed by atoms with Crippen LogP contribution in [0.5, 0.6) is 0 Å². The van der Waals surface area contributed by atoms with E-state index in [4.69, 9.17) is 4.74 Å². The van der Waals surface area contributed by atoms with Crippen LogP contribution in [0.4, 0.5) is 16.3 Å². The molecule has 1 aliphatic rings. The van der Waals surface area contributed by atoms with Crippen LogP contribution < -0.4 is 15.5 Å². The van der Waals surface area contributed by atoms with Crippen molar-refractivity contribution in [3.8, 4) is 11.4 Å². The lowest BCUT2D eigenvalue weighted by atomic mass is 10.2. The Balaban J connectivity index is 1.86. The van der Waals surface area contributed by atoms with Gasteiger partial charge in [-0.2, -0.15) is 0 Å². The SMILES string of the molecule is CCCNC(=O)Nc1ccc(-c2nc(CS(C)(=O)=O)cc(N3CCOCC3)n2)cc1. The van der Waals surface area contributed by atoms with Gasteiger partial charge < -0.3 is 20.3 Å². The summed E-state index contributed by atoms with van der Waals surface area (Å²) in [7, 11) is -3.24. The van der Waals surface area contributed by atoms with Crippen molar-refractivity contribution in [1.29, 1.82) is 0 Å². The number of carbonyl (C=O) groups is 1. The fourth-order valence-corrected chi connectivity index (χ4v) is 3.71. The van der Waals surface area contributed by atoms with Gasteiger partial charge in [-0.05, 0) is 30.7 Å². The van der Waals surface area contributed by atoms with Crippen LogP contribution in [0.2, 0.25) is 0 Å². The molecule has 0 bridgehead atoms. The lowest BCUT2D eigenvalue weighted by Gasteiger charge is -2.28. The van der Waals surface area contributed by atoms with E-state index < -0.39 is 9.84 Å². The highest BCUT2D eigenvalue weighted by Crippen LogP contribution is 2.23. The van der Waals surface area contributed by atoms with Crippen molar-refractivity contribution in [3.05, 3.63) is 36.0 Å².